The van der Waals surface area contributed by atoms with E-state index in [1.54, 1.807) is 13.8 Å². The van der Waals surface area contributed by atoms with Crippen LogP contribution in [0.25, 0.3) is 11.0 Å². The Morgan fingerprint density at radius 2 is 1.70 bits per heavy atom. The molecule has 6 N–H and O–H groups in total. The highest BCUT2D eigenvalue weighted by atomic mass is 16.5. The van der Waals surface area contributed by atoms with Crippen molar-refractivity contribution in [1.29, 1.82) is 0 Å². The van der Waals surface area contributed by atoms with Crippen LogP contribution in [0.1, 0.15) is 37.2 Å². The van der Waals surface area contributed by atoms with Crippen molar-refractivity contribution in [2.24, 2.45) is 0 Å². The highest BCUT2D eigenvalue weighted by molar-refractivity contribution is 5.88. The Hall–Kier alpha value is -2.17. The van der Waals surface area contributed by atoms with Crippen LogP contribution in [0.2, 0.25) is 0 Å². The number of hydrogen-bond donors (Lipinski definition) is 6. The van der Waals surface area contributed by atoms with Crippen molar-refractivity contribution in [3.8, 4) is 11.5 Å². The second-order valence-corrected chi connectivity index (χ2v) is 6.95. The van der Waals surface area contributed by atoms with Crippen molar-refractivity contribution in [2.45, 2.75) is 50.3 Å². The second kappa shape index (κ2) is 7.10. The van der Waals surface area contributed by atoms with Crippen molar-refractivity contribution in [2.75, 3.05) is 6.61 Å². The van der Waals surface area contributed by atoms with E-state index in [1.807, 2.05) is 0 Å². The lowest BCUT2D eigenvalue weighted by molar-refractivity contribution is -0.231. The molecule has 0 bridgehead atoms. The summed E-state index contributed by atoms with van der Waals surface area (Å²) in [7, 11) is 0. The molecule has 0 saturated carbocycles. The van der Waals surface area contributed by atoms with Gasteiger partial charge in [-0.15, -0.1) is 0 Å². The Morgan fingerprint density at radius 1 is 1.04 bits per heavy atom. The van der Waals surface area contributed by atoms with Gasteiger partial charge in [0.15, 0.2) is 11.0 Å². The minimum Gasteiger partial charge on any atom is -0.507 e. The molecule has 1 saturated heterocycles. The molecule has 1 fully saturated rings. The summed E-state index contributed by atoms with van der Waals surface area (Å²) in [5.41, 5.74) is -0.921. The smallest absolute Gasteiger partial charge is 0.196 e. The largest absolute Gasteiger partial charge is 0.507 e. The van der Waals surface area contributed by atoms with Gasteiger partial charge in [-0.05, 0) is 0 Å². The molecular weight excluding hydrogens is 360 g/mol. The molecule has 1 aromatic heterocycles. The maximum atomic E-state index is 12.5. The predicted molar refractivity (Wildman–Crippen MR) is 92.6 cm³/mol. The summed E-state index contributed by atoms with van der Waals surface area (Å²) in [5.74, 6) is -0.953. The number of aliphatic hydroxyl groups is 4. The molecule has 1 aliphatic rings. The van der Waals surface area contributed by atoms with Crippen LogP contribution in [0.5, 0.6) is 11.5 Å². The van der Waals surface area contributed by atoms with Crippen molar-refractivity contribution in [3.05, 3.63) is 33.7 Å². The summed E-state index contributed by atoms with van der Waals surface area (Å²) in [5, 5.41) is 59.9. The van der Waals surface area contributed by atoms with Crippen LogP contribution in [0.15, 0.2) is 21.3 Å². The molecule has 0 amide bonds. The van der Waals surface area contributed by atoms with Crippen LogP contribution in [-0.2, 0) is 4.74 Å². The Morgan fingerprint density at radius 3 is 2.30 bits per heavy atom. The molecular formula is C18H22O9. The van der Waals surface area contributed by atoms with Crippen LogP contribution < -0.4 is 5.43 Å². The summed E-state index contributed by atoms with van der Waals surface area (Å²) >= 11 is 0. The molecule has 27 heavy (non-hydrogen) atoms. The zero-order valence-corrected chi connectivity index (χ0v) is 14.7. The van der Waals surface area contributed by atoms with E-state index in [-0.39, 0.29) is 28.2 Å². The molecule has 2 aromatic rings. The summed E-state index contributed by atoms with van der Waals surface area (Å²) < 4.78 is 11.2. The van der Waals surface area contributed by atoms with E-state index >= 15 is 0 Å². The minimum absolute atomic E-state index is 0.167. The van der Waals surface area contributed by atoms with Crippen molar-refractivity contribution in [3.63, 3.8) is 0 Å². The average molecular weight is 382 g/mol. The number of phenolic OH excluding ortho intramolecular Hbond substituents is 2. The van der Waals surface area contributed by atoms with Gasteiger partial charge in [-0.2, -0.15) is 0 Å². The minimum atomic E-state index is -1.69. The Kier molecular flexibility index (Phi) is 5.15. The third-order valence-corrected chi connectivity index (χ3v) is 4.76. The molecule has 5 atom stereocenters. The second-order valence-electron chi connectivity index (χ2n) is 6.95. The first kappa shape index (κ1) is 19.6. The number of phenols is 2. The summed E-state index contributed by atoms with van der Waals surface area (Å²) in [6.07, 6.45) is -7.57. The molecule has 0 aliphatic carbocycles. The fraction of sp³-hybridized carbons (Fsp3) is 0.500. The van der Waals surface area contributed by atoms with E-state index in [4.69, 9.17) is 9.15 Å². The van der Waals surface area contributed by atoms with Crippen LogP contribution in [0.4, 0.5) is 0 Å². The number of ether oxygens (including phenoxy) is 1. The molecule has 0 radical (unpaired) electrons. The quantitative estimate of drug-likeness (QED) is 0.424. The Bertz CT molecular complexity index is 902. The normalized spacial score (nSPS) is 28.8. The number of aromatic hydroxyl groups is 2. The van der Waals surface area contributed by atoms with Crippen LogP contribution in [-0.4, -0.2) is 61.7 Å². The van der Waals surface area contributed by atoms with Gasteiger partial charge in [0.1, 0.15) is 53.2 Å². The lowest BCUT2D eigenvalue weighted by atomic mass is 9.89. The monoisotopic (exact) mass is 382 g/mol. The third-order valence-electron chi connectivity index (χ3n) is 4.76. The van der Waals surface area contributed by atoms with Gasteiger partial charge in [0.25, 0.3) is 0 Å². The highest BCUT2D eigenvalue weighted by Crippen LogP contribution is 2.43. The van der Waals surface area contributed by atoms with E-state index < -0.39 is 54.1 Å². The molecule has 148 valence electrons. The number of hydrogen-bond acceptors (Lipinski definition) is 9. The van der Waals surface area contributed by atoms with Crippen LogP contribution in [0.3, 0.4) is 0 Å². The molecule has 0 spiro atoms. The van der Waals surface area contributed by atoms with Gasteiger partial charge >= 0.3 is 0 Å². The Labute approximate surface area is 153 Å². The Balaban J connectivity index is 2.28. The average Bonchev–Trinajstić information content (AvgIpc) is 2.60. The number of fused-ring (bicyclic) bond motifs is 1. The number of rotatable bonds is 3. The maximum absolute atomic E-state index is 12.5. The topological polar surface area (TPSA) is 161 Å². The molecule has 9 nitrogen and oxygen atoms in total. The van der Waals surface area contributed by atoms with E-state index in [1.165, 1.54) is 6.07 Å². The van der Waals surface area contributed by atoms with Crippen molar-refractivity contribution in [1.82, 2.24) is 0 Å². The zero-order valence-electron chi connectivity index (χ0n) is 14.7. The number of aliphatic hydroxyl groups excluding tert-OH is 4. The van der Waals surface area contributed by atoms with Gasteiger partial charge < -0.3 is 39.8 Å². The fourth-order valence-corrected chi connectivity index (χ4v) is 3.24. The summed E-state index contributed by atoms with van der Waals surface area (Å²) in [4.78, 5) is 12.5. The summed E-state index contributed by atoms with van der Waals surface area (Å²) in [6.45, 7) is 2.90. The molecule has 9 heteroatoms. The molecule has 1 aliphatic heterocycles. The van der Waals surface area contributed by atoms with Gasteiger partial charge in [-0.25, -0.2) is 0 Å². The van der Waals surface area contributed by atoms with Crippen molar-refractivity contribution >= 4 is 11.0 Å². The zero-order chi connectivity index (χ0) is 20.0. The fourth-order valence-electron chi connectivity index (χ4n) is 3.24. The standard InChI is InChI=1S/C18H22O9/c1-6(2)10-4-9(22)12-7(20)3-8(21)13(17(12)26-10)18-16(25)15(24)14(23)11(5-19)27-18/h3-4,6,11,14-16,18-21,23-25H,5H2,1-2H3/t11-,14+,15+,16-,18+/m1/s1. The summed E-state index contributed by atoms with van der Waals surface area (Å²) in [6, 6.07) is 2.13. The lowest BCUT2D eigenvalue weighted by Gasteiger charge is -2.40. The van der Waals surface area contributed by atoms with Gasteiger partial charge in [-0.3, -0.25) is 4.79 Å². The van der Waals surface area contributed by atoms with Gasteiger partial charge in [-0.1, -0.05) is 13.8 Å². The van der Waals surface area contributed by atoms with Gasteiger partial charge in [0.05, 0.1) is 12.2 Å². The van der Waals surface area contributed by atoms with E-state index in [0.29, 0.717) is 0 Å². The molecule has 1 aromatic carbocycles. The molecule has 2 heterocycles. The van der Waals surface area contributed by atoms with E-state index in [0.717, 1.165) is 6.07 Å². The number of benzene rings is 1. The third kappa shape index (κ3) is 3.17. The molecule has 3 rings (SSSR count). The predicted octanol–water partition coefficient (Wildman–Crippen LogP) is -0.158. The lowest BCUT2D eigenvalue weighted by Crippen LogP contribution is -2.55. The maximum Gasteiger partial charge on any atom is 0.196 e. The van der Waals surface area contributed by atoms with Gasteiger partial charge in [0.2, 0.25) is 0 Å². The first-order valence-corrected chi connectivity index (χ1v) is 8.50. The first-order chi connectivity index (χ1) is 12.7. The van der Waals surface area contributed by atoms with E-state index in [9.17, 15) is 35.4 Å². The first-order valence-electron chi connectivity index (χ1n) is 8.50. The van der Waals surface area contributed by atoms with E-state index in [2.05, 4.69) is 0 Å². The SMILES string of the molecule is CC(C)c1cc(=O)c2c(O)cc(O)c([C@@H]3O[C@H](CO)[C@H](O)[C@H](O)[C@H]3O)c2o1. The highest BCUT2D eigenvalue weighted by Gasteiger charge is 2.46. The van der Waals surface area contributed by atoms with Crippen LogP contribution >= 0.6 is 0 Å². The van der Waals surface area contributed by atoms with Crippen molar-refractivity contribution < 1.29 is 39.8 Å². The molecule has 0 unspecified atom stereocenters. The van der Waals surface area contributed by atoms with Crippen LogP contribution in [0, 0.1) is 0 Å². The van der Waals surface area contributed by atoms with Gasteiger partial charge in [0, 0.05) is 18.1 Å².